The molecular weight excluding hydrogens is 502 g/mol. The van der Waals surface area contributed by atoms with Gasteiger partial charge in [-0.1, -0.05) is 18.2 Å². The second-order valence-electron chi connectivity index (χ2n) is 9.50. The highest BCUT2D eigenvalue weighted by atomic mass is 32.1. The molecule has 0 aliphatic carbocycles. The number of nitrogens with one attached hydrogen (secondary N) is 2. The van der Waals surface area contributed by atoms with E-state index in [0.717, 1.165) is 33.7 Å². The Morgan fingerprint density at radius 3 is 2.82 bits per heavy atom. The van der Waals surface area contributed by atoms with E-state index in [0.29, 0.717) is 36.6 Å². The van der Waals surface area contributed by atoms with Gasteiger partial charge in [0.25, 0.3) is 11.8 Å². The van der Waals surface area contributed by atoms with E-state index in [1.165, 1.54) is 0 Å². The molecule has 4 aromatic rings. The molecule has 194 valence electrons. The molecule has 2 atom stereocenters. The van der Waals surface area contributed by atoms with Crippen LogP contribution < -0.4 is 25.0 Å². The van der Waals surface area contributed by atoms with Crippen LogP contribution in [0.25, 0.3) is 10.2 Å². The van der Waals surface area contributed by atoms with Gasteiger partial charge in [0, 0.05) is 31.6 Å². The number of fused-ring (bicyclic) bond motifs is 8. The first kappa shape index (κ1) is 24.2. The molecule has 3 aliphatic heterocycles. The first-order chi connectivity index (χ1) is 18.5. The summed E-state index contributed by atoms with van der Waals surface area (Å²) in [5.74, 6) is 1.60. The van der Waals surface area contributed by atoms with Crippen LogP contribution in [0.4, 0.5) is 5.82 Å². The number of carbonyl (C=O) groups excluding carboxylic acids is 2. The number of hydrogen-bond acceptors (Lipinski definition) is 8. The van der Waals surface area contributed by atoms with Crippen molar-refractivity contribution >= 4 is 39.2 Å². The molecule has 0 saturated carbocycles. The van der Waals surface area contributed by atoms with Gasteiger partial charge in [0.05, 0.1) is 11.4 Å². The van der Waals surface area contributed by atoms with E-state index in [9.17, 15) is 9.59 Å². The molecule has 4 bridgehead atoms. The highest BCUT2D eigenvalue weighted by Crippen LogP contribution is 2.30. The van der Waals surface area contributed by atoms with Crippen molar-refractivity contribution in [2.45, 2.75) is 32.0 Å². The van der Waals surface area contributed by atoms with Crippen molar-refractivity contribution in [3.05, 3.63) is 76.9 Å². The van der Waals surface area contributed by atoms with Crippen molar-refractivity contribution in [1.82, 2.24) is 20.6 Å². The molecular formula is C28H27N5O4S. The van der Waals surface area contributed by atoms with E-state index in [4.69, 9.17) is 9.47 Å². The number of nitrogens with zero attached hydrogens (tertiary/aromatic N) is 3. The van der Waals surface area contributed by atoms with Crippen LogP contribution in [0.15, 0.2) is 60.2 Å². The van der Waals surface area contributed by atoms with E-state index >= 15 is 0 Å². The second-order valence-corrected chi connectivity index (χ2v) is 10.4. The van der Waals surface area contributed by atoms with Gasteiger partial charge < -0.3 is 25.0 Å². The van der Waals surface area contributed by atoms with Crippen molar-refractivity contribution < 1.29 is 19.1 Å². The Morgan fingerprint density at radius 1 is 1.08 bits per heavy atom. The first-order valence-electron chi connectivity index (χ1n) is 12.5. The molecule has 1 saturated heterocycles. The third-order valence-electron chi connectivity index (χ3n) is 6.92. The van der Waals surface area contributed by atoms with Gasteiger partial charge in [0.2, 0.25) is 0 Å². The number of rotatable bonds is 1. The number of carbonyl (C=O) groups is 2. The summed E-state index contributed by atoms with van der Waals surface area (Å²) in [5, 5.41) is 9.09. The number of ether oxygens (including phenoxy) is 2. The molecule has 3 aliphatic rings. The monoisotopic (exact) mass is 529 g/mol. The van der Waals surface area contributed by atoms with E-state index in [1.807, 2.05) is 48.7 Å². The van der Waals surface area contributed by atoms with Crippen LogP contribution >= 0.6 is 11.3 Å². The second kappa shape index (κ2) is 10.3. The molecule has 2 N–H and O–H groups in total. The van der Waals surface area contributed by atoms with Gasteiger partial charge in [-0.15, -0.1) is 11.3 Å². The lowest BCUT2D eigenvalue weighted by molar-refractivity contribution is -0.123. The number of anilines is 1. The minimum absolute atomic E-state index is 0.136. The zero-order valence-electron chi connectivity index (χ0n) is 20.8. The summed E-state index contributed by atoms with van der Waals surface area (Å²) in [5.41, 5.74) is 2.25. The quantitative estimate of drug-likeness (QED) is 0.389. The number of benzene rings is 2. The smallest absolute Gasteiger partial charge is 0.258 e. The fourth-order valence-corrected chi connectivity index (χ4v) is 5.56. The molecule has 38 heavy (non-hydrogen) atoms. The maximum atomic E-state index is 13.4. The maximum absolute atomic E-state index is 13.4. The third kappa shape index (κ3) is 4.99. The predicted molar refractivity (Wildman–Crippen MR) is 145 cm³/mol. The molecule has 0 unspecified atom stereocenters. The van der Waals surface area contributed by atoms with Crippen molar-refractivity contribution in [3.63, 3.8) is 0 Å². The van der Waals surface area contributed by atoms with Gasteiger partial charge in [-0.2, -0.15) is 0 Å². The molecule has 0 spiro atoms. The Bertz CT molecular complexity index is 1490. The number of aromatic nitrogens is 2. The molecule has 9 nitrogen and oxygen atoms in total. The Kier molecular flexibility index (Phi) is 6.55. The Hall–Kier alpha value is -4.18. The van der Waals surface area contributed by atoms with Gasteiger partial charge >= 0.3 is 0 Å². The van der Waals surface area contributed by atoms with Crippen LogP contribution in [-0.4, -0.2) is 53.6 Å². The van der Waals surface area contributed by atoms with Gasteiger partial charge in [0.15, 0.2) is 6.61 Å². The normalized spacial score (nSPS) is 20.1. The van der Waals surface area contributed by atoms with Crippen LogP contribution in [0.1, 0.15) is 27.9 Å². The molecule has 2 aromatic heterocycles. The summed E-state index contributed by atoms with van der Waals surface area (Å²) < 4.78 is 12.2. The lowest BCUT2D eigenvalue weighted by Crippen LogP contribution is -2.57. The molecule has 7 rings (SSSR count). The number of piperidine rings is 1. The third-order valence-corrected chi connectivity index (χ3v) is 7.74. The molecule has 2 amide bonds. The van der Waals surface area contributed by atoms with E-state index in [1.54, 1.807) is 29.8 Å². The van der Waals surface area contributed by atoms with Crippen molar-refractivity contribution in [3.8, 4) is 11.5 Å². The number of hydrogen-bond donors (Lipinski definition) is 2. The molecule has 5 heterocycles. The molecule has 1 fully saturated rings. The maximum Gasteiger partial charge on any atom is 0.258 e. The van der Waals surface area contributed by atoms with Crippen LogP contribution in [-0.2, 0) is 11.3 Å². The minimum Gasteiger partial charge on any atom is -0.488 e. The zero-order valence-corrected chi connectivity index (χ0v) is 21.7. The molecule has 0 radical (unpaired) electrons. The number of aryl methyl sites for hydroxylation is 1. The standard InChI is InChI=1S/C28H27N5O4S/c1-17-2-5-19-12-24(17)36-15-25(34)29-13-18-3-6-20(7-4-18)37-23-8-10-33(14-22(23)32-27(19)35)26-21-9-11-38-28(21)31-16-30-26/h2-7,9,11-12,16,22-23H,8,10,13-15H2,1H3,(H,29,34)(H,32,35)/t22-,23-/m0/s1. The molecule has 10 heteroatoms. The van der Waals surface area contributed by atoms with Crippen LogP contribution in [0.5, 0.6) is 11.5 Å². The van der Waals surface area contributed by atoms with E-state index in [2.05, 4.69) is 25.5 Å². The average Bonchev–Trinajstić information content (AvgIpc) is 3.42. The topological polar surface area (TPSA) is 106 Å². The summed E-state index contributed by atoms with van der Waals surface area (Å²) in [6.45, 7) is 3.39. The summed E-state index contributed by atoms with van der Waals surface area (Å²) in [6, 6.07) is 14.7. The zero-order chi connectivity index (χ0) is 26.1. The fourth-order valence-electron chi connectivity index (χ4n) is 4.84. The number of amides is 2. The Morgan fingerprint density at radius 2 is 1.95 bits per heavy atom. The lowest BCUT2D eigenvalue weighted by Gasteiger charge is -2.39. The highest BCUT2D eigenvalue weighted by molar-refractivity contribution is 7.16. The van der Waals surface area contributed by atoms with Gasteiger partial charge in [-0.05, 0) is 53.8 Å². The number of thiophene rings is 1. The minimum atomic E-state index is -0.302. The highest BCUT2D eigenvalue weighted by Gasteiger charge is 2.34. The lowest BCUT2D eigenvalue weighted by atomic mass is 10.0. The SMILES string of the molecule is Cc1ccc2cc1OCC(=O)NCc1ccc(cc1)O[C@H]1CCN(c3ncnc4sccc34)C[C@@H]1NC2=O. The predicted octanol–water partition coefficient (Wildman–Crippen LogP) is 3.46. The Balaban J connectivity index is 1.32. The van der Waals surface area contributed by atoms with Gasteiger partial charge in [-0.25, -0.2) is 9.97 Å². The van der Waals surface area contributed by atoms with Gasteiger partial charge in [-0.3, -0.25) is 9.59 Å². The fraction of sp³-hybridized carbons (Fsp3) is 0.286. The van der Waals surface area contributed by atoms with Crippen LogP contribution in [0.3, 0.4) is 0 Å². The van der Waals surface area contributed by atoms with Crippen LogP contribution in [0, 0.1) is 6.92 Å². The van der Waals surface area contributed by atoms with E-state index < -0.39 is 0 Å². The average molecular weight is 530 g/mol. The summed E-state index contributed by atoms with van der Waals surface area (Å²) in [7, 11) is 0. The van der Waals surface area contributed by atoms with Crippen LogP contribution in [0.2, 0.25) is 0 Å². The first-order valence-corrected chi connectivity index (χ1v) is 13.4. The summed E-state index contributed by atoms with van der Waals surface area (Å²) >= 11 is 1.58. The van der Waals surface area contributed by atoms with Gasteiger partial charge in [0.1, 0.15) is 34.6 Å². The largest absolute Gasteiger partial charge is 0.488 e. The summed E-state index contributed by atoms with van der Waals surface area (Å²) in [4.78, 5) is 37.9. The Labute approximate surface area is 223 Å². The molecule has 2 aromatic carbocycles. The van der Waals surface area contributed by atoms with Crippen molar-refractivity contribution in [2.24, 2.45) is 0 Å². The van der Waals surface area contributed by atoms with Crippen molar-refractivity contribution in [1.29, 1.82) is 0 Å². The van der Waals surface area contributed by atoms with E-state index in [-0.39, 0.29) is 30.6 Å². The van der Waals surface area contributed by atoms with Crippen molar-refractivity contribution in [2.75, 3.05) is 24.6 Å². The summed E-state index contributed by atoms with van der Waals surface area (Å²) in [6.07, 6.45) is 2.05.